The van der Waals surface area contributed by atoms with Crippen LogP contribution in [0.4, 0.5) is 0 Å². The molecule has 114 valence electrons. The van der Waals surface area contributed by atoms with E-state index in [1.54, 1.807) is 0 Å². The molecule has 0 amide bonds. The first-order valence-corrected chi connectivity index (χ1v) is 8.12. The van der Waals surface area contributed by atoms with Gasteiger partial charge >= 0.3 is 0 Å². The molecule has 1 aromatic heterocycles. The summed E-state index contributed by atoms with van der Waals surface area (Å²) in [4.78, 5) is 4.33. The highest BCUT2D eigenvalue weighted by Crippen LogP contribution is 2.23. The standard InChI is InChI=1S/C17H30N2O/c1-4-7-8-9-17(19-10-5-2)15-12-16(14-18-13-15)20-11-6-3/h12-14,17,19H,4-11H2,1-3H3. The van der Waals surface area contributed by atoms with Crippen molar-refractivity contribution in [1.82, 2.24) is 10.3 Å². The molecule has 1 heterocycles. The van der Waals surface area contributed by atoms with Crippen molar-refractivity contribution in [3.05, 3.63) is 24.0 Å². The number of nitrogens with zero attached hydrogens (tertiary/aromatic N) is 1. The lowest BCUT2D eigenvalue weighted by Gasteiger charge is -2.19. The van der Waals surface area contributed by atoms with Gasteiger partial charge in [0.1, 0.15) is 5.75 Å². The molecule has 1 unspecified atom stereocenters. The van der Waals surface area contributed by atoms with E-state index in [-0.39, 0.29) is 0 Å². The Balaban J connectivity index is 2.66. The molecule has 0 bridgehead atoms. The van der Waals surface area contributed by atoms with Gasteiger partial charge in [0.05, 0.1) is 12.8 Å². The van der Waals surface area contributed by atoms with Gasteiger partial charge in [-0.05, 0) is 37.4 Å². The number of hydrogen-bond donors (Lipinski definition) is 1. The third-order valence-electron chi connectivity index (χ3n) is 3.35. The van der Waals surface area contributed by atoms with Crippen LogP contribution in [0.1, 0.15) is 70.9 Å². The molecule has 3 heteroatoms. The SMILES string of the molecule is CCCCCC(NCCC)c1cncc(OCCC)c1. The zero-order valence-electron chi connectivity index (χ0n) is 13.3. The minimum absolute atomic E-state index is 0.402. The van der Waals surface area contributed by atoms with Gasteiger partial charge in [0, 0.05) is 12.2 Å². The van der Waals surface area contributed by atoms with Crippen molar-refractivity contribution >= 4 is 0 Å². The normalized spacial score (nSPS) is 12.3. The van der Waals surface area contributed by atoms with Gasteiger partial charge in [-0.3, -0.25) is 4.98 Å². The molecule has 0 saturated carbocycles. The zero-order valence-corrected chi connectivity index (χ0v) is 13.3. The maximum absolute atomic E-state index is 5.69. The summed E-state index contributed by atoms with van der Waals surface area (Å²) < 4.78 is 5.69. The molecule has 1 aromatic rings. The smallest absolute Gasteiger partial charge is 0.137 e. The molecule has 0 saturated heterocycles. The zero-order chi connectivity index (χ0) is 14.6. The predicted molar refractivity (Wildman–Crippen MR) is 85.2 cm³/mol. The highest BCUT2D eigenvalue weighted by Gasteiger charge is 2.11. The van der Waals surface area contributed by atoms with Crippen molar-refractivity contribution in [2.45, 2.75) is 65.3 Å². The van der Waals surface area contributed by atoms with Crippen molar-refractivity contribution in [2.24, 2.45) is 0 Å². The fourth-order valence-corrected chi connectivity index (χ4v) is 2.23. The van der Waals surface area contributed by atoms with E-state index in [0.29, 0.717) is 6.04 Å². The molecular formula is C17H30N2O. The minimum Gasteiger partial charge on any atom is -0.492 e. The van der Waals surface area contributed by atoms with E-state index in [4.69, 9.17) is 4.74 Å². The van der Waals surface area contributed by atoms with E-state index in [1.165, 1.54) is 31.2 Å². The first kappa shape index (κ1) is 17.0. The van der Waals surface area contributed by atoms with Gasteiger partial charge in [-0.2, -0.15) is 0 Å². The third kappa shape index (κ3) is 6.38. The fourth-order valence-electron chi connectivity index (χ4n) is 2.23. The Kier molecular flexibility index (Phi) is 9.05. The van der Waals surface area contributed by atoms with Crippen LogP contribution in [0.15, 0.2) is 18.5 Å². The van der Waals surface area contributed by atoms with E-state index in [9.17, 15) is 0 Å². The minimum atomic E-state index is 0.402. The average Bonchev–Trinajstić information content (AvgIpc) is 2.49. The second-order valence-electron chi connectivity index (χ2n) is 5.30. The van der Waals surface area contributed by atoms with Gasteiger partial charge in [-0.1, -0.05) is 40.0 Å². The molecule has 20 heavy (non-hydrogen) atoms. The summed E-state index contributed by atoms with van der Waals surface area (Å²) >= 11 is 0. The Bertz CT molecular complexity index is 355. The van der Waals surface area contributed by atoms with Crippen LogP contribution in [-0.4, -0.2) is 18.1 Å². The van der Waals surface area contributed by atoms with Gasteiger partial charge < -0.3 is 10.1 Å². The van der Waals surface area contributed by atoms with E-state index < -0.39 is 0 Å². The molecule has 0 aliphatic rings. The summed E-state index contributed by atoms with van der Waals surface area (Å²) in [6, 6.07) is 2.54. The molecule has 0 aliphatic carbocycles. The van der Waals surface area contributed by atoms with E-state index in [0.717, 1.165) is 31.7 Å². The molecule has 3 nitrogen and oxygen atoms in total. The Labute approximate surface area is 124 Å². The monoisotopic (exact) mass is 278 g/mol. The summed E-state index contributed by atoms with van der Waals surface area (Å²) in [6.45, 7) is 8.38. The van der Waals surface area contributed by atoms with Crippen molar-refractivity contribution in [3.63, 3.8) is 0 Å². The van der Waals surface area contributed by atoms with Crippen LogP contribution >= 0.6 is 0 Å². The summed E-state index contributed by atoms with van der Waals surface area (Å²) in [5.41, 5.74) is 1.25. The number of pyridine rings is 1. The lowest BCUT2D eigenvalue weighted by Crippen LogP contribution is -2.22. The van der Waals surface area contributed by atoms with Gasteiger partial charge in [0.2, 0.25) is 0 Å². The molecular weight excluding hydrogens is 248 g/mol. The quantitative estimate of drug-likeness (QED) is 0.605. The van der Waals surface area contributed by atoms with Crippen LogP contribution in [0.5, 0.6) is 5.75 Å². The number of unbranched alkanes of at least 4 members (excludes halogenated alkanes) is 2. The van der Waals surface area contributed by atoms with Crippen LogP contribution in [0, 0.1) is 0 Å². The summed E-state index contributed by atoms with van der Waals surface area (Å²) in [7, 11) is 0. The van der Waals surface area contributed by atoms with Crippen LogP contribution in [-0.2, 0) is 0 Å². The first-order valence-electron chi connectivity index (χ1n) is 8.12. The van der Waals surface area contributed by atoms with Crippen LogP contribution in [0.3, 0.4) is 0 Å². The van der Waals surface area contributed by atoms with E-state index in [1.807, 2.05) is 12.4 Å². The molecule has 1 atom stereocenters. The Hall–Kier alpha value is -1.09. The van der Waals surface area contributed by atoms with Crippen LogP contribution in [0.2, 0.25) is 0 Å². The van der Waals surface area contributed by atoms with Crippen molar-refractivity contribution in [3.8, 4) is 5.75 Å². The molecule has 0 fully saturated rings. The summed E-state index contributed by atoms with van der Waals surface area (Å²) in [5.74, 6) is 0.892. The summed E-state index contributed by atoms with van der Waals surface area (Å²) in [6.07, 6.45) is 11.0. The molecule has 0 aromatic carbocycles. The molecule has 1 N–H and O–H groups in total. The second-order valence-corrected chi connectivity index (χ2v) is 5.30. The van der Waals surface area contributed by atoms with Crippen molar-refractivity contribution in [2.75, 3.05) is 13.2 Å². The number of nitrogens with one attached hydrogen (secondary N) is 1. The van der Waals surface area contributed by atoms with Crippen LogP contribution in [0.25, 0.3) is 0 Å². The predicted octanol–water partition coefficient (Wildman–Crippen LogP) is 4.49. The number of ether oxygens (including phenoxy) is 1. The second kappa shape index (κ2) is 10.7. The van der Waals surface area contributed by atoms with Crippen LogP contribution < -0.4 is 10.1 Å². The first-order chi connectivity index (χ1) is 9.81. The maximum Gasteiger partial charge on any atom is 0.137 e. The molecule has 0 radical (unpaired) electrons. The number of aromatic nitrogens is 1. The molecule has 0 spiro atoms. The highest BCUT2D eigenvalue weighted by molar-refractivity contribution is 5.26. The third-order valence-corrected chi connectivity index (χ3v) is 3.35. The Morgan fingerprint density at radius 2 is 1.95 bits per heavy atom. The topological polar surface area (TPSA) is 34.2 Å². The van der Waals surface area contributed by atoms with Gasteiger partial charge in [-0.25, -0.2) is 0 Å². The van der Waals surface area contributed by atoms with Gasteiger partial charge in [0.25, 0.3) is 0 Å². The number of rotatable bonds is 11. The number of hydrogen-bond acceptors (Lipinski definition) is 3. The van der Waals surface area contributed by atoms with Gasteiger partial charge in [0.15, 0.2) is 0 Å². The largest absolute Gasteiger partial charge is 0.492 e. The van der Waals surface area contributed by atoms with Gasteiger partial charge in [-0.15, -0.1) is 0 Å². The molecule has 0 aliphatic heterocycles. The van der Waals surface area contributed by atoms with Crippen molar-refractivity contribution < 1.29 is 4.74 Å². The molecule has 1 rings (SSSR count). The lowest BCUT2D eigenvalue weighted by atomic mass is 10.0. The van der Waals surface area contributed by atoms with E-state index in [2.05, 4.69) is 37.1 Å². The maximum atomic E-state index is 5.69. The lowest BCUT2D eigenvalue weighted by molar-refractivity contribution is 0.315. The fraction of sp³-hybridized carbons (Fsp3) is 0.706. The van der Waals surface area contributed by atoms with E-state index >= 15 is 0 Å². The summed E-state index contributed by atoms with van der Waals surface area (Å²) in [5, 5.41) is 3.63. The van der Waals surface area contributed by atoms with Crippen molar-refractivity contribution in [1.29, 1.82) is 0 Å². The highest BCUT2D eigenvalue weighted by atomic mass is 16.5. The average molecular weight is 278 g/mol. The Morgan fingerprint density at radius 1 is 1.10 bits per heavy atom. The Morgan fingerprint density at radius 3 is 2.65 bits per heavy atom.